The summed E-state index contributed by atoms with van der Waals surface area (Å²) in [5.74, 6) is 0.448. The largest absolute Gasteiger partial charge is 0.495 e. The molecule has 2 aromatic carbocycles. The Labute approximate surface area is 141 Å². The number of carbonyl (C=O) groups excluding carboxylic acids is 1. The minimum atomic E-state index is -0.175. The minimum Gasteiger partial charge on any atom is -0.495 e. The third-order valence-corrected chi connectivity index (χ3v) is 4.21. The molecule has 1 amide bonds. The molecular weight excluding hydrogens is 398 g/mol. The zero-order valence-corrected chi connectivity index (χ0v) is 15.1. The summed E-state index contributed by atoms with van der Waals surface area (Å²) in [6.45, 7) is 3.90. The molecule has 2 aromatic rings. The van der Waals surface area contributed by atoms with Gasteiger partial charge in [-0.15, -0.1) is 0 Å². The summed E-state index contributed by atoms with van der Waals surface area (Å²) in [5, 5.41) is 2.92. The molecule has 110 valence electrons. The Morgan fingerprint density at radius 2 is 1.86 bits per heavy atom. The smallest absolute Gasteiger partial charge is 0.256 e. The van der Waals surface area contributed by atoms with Gasteiger partial charge in [-0.1, -0.05) is 22.0 Å². The summed E-state index contributed by atoms with van der Waals surface area (Å²) in [4.78, 5) is 12.4. The summed E-state index contributed by atoms with van der Waals surface area (Å²) in [7, 11) is 1.58. The van der Waals surface area contributed by atoms with Crippen molar-refractivity contribution in [3.05, 3.63) is 56.0 Å². The Hall–Kier alpha value is -1.33. The molecule has 0 fully saturated rings. The number of aryl methyl sites for hydroxylation is 2. The van der Waals surface area contributed by atoms with E-state index in [-0.39, 0.29) is 5.91 Å². The van der Waals surface area contributed by atoms with Crippen LogP contribution in [0, 0.1) is 13.8 Å². The molecule has 0 atom stereocenters. The maximum absolute atomic E-state index is 12.4. The van der Waals surface area contributed by atoms with Crippen molar-refractivity contribution in [2.45, 2.75) is 13.8 Å². The molecule has 3 nitrogen and oxygen atoms in total. The second-order valence-corrected chi connectivity index (χ2v) is 6.51. The zero-order valence-electron chi connectivity index (χ0n) is 12.0. The Morgan fingerprint density at radius 1 is 1.14 bits per heavy atom. The van der Waals surface area contributed by atoms with E-state index < -0.39 is 0 Å². The quantitative estimate of drug-likeness (QED) is 0.762. The highest BCUT2D eigenvalue weighted by molar-refractivity contribution is 9.10. The van der Waals surface area contributed by atoms with Crippen LogP contribution in [0.15, 0.2) is 39.3 Å². The molecular formula is C16H15Br2NO2. The van der Waals surface area contributed by atoms with Crippen LogP contribution in [0.1, 0.15) is 21.5 Å². The van der Waals surface area contributed by atoms with Crippen molar-refractivity contribution in [2.24, 2.45) is 0 Å². The maximum atomic E-state index is 12.4. The van der Waals surface area contributed by atoms with E-state index in [9.17, 15) is 4.79 Å². The Morgan fingerprint density at radius 3 is 2.48 bits per heavy atom. The summed E-state index contributed by atoms with van der Waals surface area (Å²) in [6, 6.07) is 9.39. The number of methoxy groups -OCH3 is 1. The normalized spacial score (nSPS) is 10.3. The molecule has 0 aliphatic heterocycles. The van der Waals surface area contributed by atoms with Crippen LogP contribution in [0.4, 0.5) is 5.69 Å². The first-order valence-corrected chi connectivity index (χ1v) is 7.92. The van der Waals surface area contributed by atoms with E-state index in [2.05, 4.69) is 37.2 Å². The van der Waals surface area contributed by atoms with Crippen molar-refractivity contribution in [1.82, 2.24) is 0 Å². The molecule has 1 N–H and O–H groups in total. The fraction of sp³-hybridized carbons (Fsp3) is 0.188. The fourth-order valence-electron chi connectivity index (χ4n) is 2.02. The first kappa shape index (κ1) is 16.0. The van der Waals surface area contributed by atoms with Crippen LogP contribution < -0.4 is 10.1 Å². The van der Waals surface area contributed by atoms with Crippen LogP contribution in [0.3, 0.4) is 0 Å². The lowest BCUT2D eigenvalue weighted by molar-refractivity contribution is 0.102. The number of carbonyl (C=O) groups is 1. The van der Waals surface area contributed by atoms with E-state index in [0.29, 0.717) is 17.0 Å². The zero-order chi connectivity index (χ0) is 15.6. The molecule has 0 spiro atoms. The highest BCUT2D eigenvalue weighted by atomic mass is 79.9. The SMILES string of the molecule is COc1cc(Br)cc(C)c1NC(=O)c1ccc(C)cc1Br. The molecule has 0 heterocycles. The van der Waals surface area contributed by atoms with Crippen LogP contribution in [0.2, 0.25) is 0 Å². The molecule has 0 radical (unpaired) electrons. The maximum Gasteiger partial charge on any atom is 0.256 e. The van der Waals surface area contributed by atoms with Crippen LogP contribution >= 0.6 is 31.9 Å². The third-order valence-electron chi connectivity index (χ3n) is 3.09. The number of halogens is 2. The number of anilines is 1. The van der Waals surface area contributed by atoms with E-state index in [1.165, 1.54) is 0 Å². The molecule has 5 heteroatoms. The number of ether oxygens (including phenoxy) is 1. The van der Waals surface area contributed by atoms with Gasteiger partial charge in [0.2, 0.25) is 0 Å². The van der Waals surface area contributed by atoms with Gasteiger partial charge in [-0.3, -0.25) is 4.79 Å². The van der Waals surface area contributed by atoms with Gasteiger partial charge in [-0.2, -0.15) is 0 Å². The number of hydrogen-bond acceptors (Lipinski definition) is 2. The van der Waals surface area contributed by atoms with Gasteiger partial charge in [0, 0.05) is 8.95 Å². The standard InChI is InChI=1S/C16H15Br2NO2/c1-9-4-5-12(13(18)6-9)16(20)19-15-10(2)7-11(17)8-14(15)21-3/h4-8H,1-3H3,(H,19,20). The van der Waals surface area contributed by atoms with Gasteiger partial charge >= 0.3 is 0 Å². The fourth-order valence-corrected chi connectivity index (χ4v) is 3.24. The lowest BCUT2D eigenvalue weighted by atomic mass is 10.1. The lowest BCUT2D eigenvalue weighted by Crippen LogP contribution is -2.14. The molecule has 0 aromatic heterocycles. The van der Waals surface area contributed by atoms with Gasteiger partial charge in [0.05, 0.1) is 18.4 Å². The monoisotopic (exact) mass is 411 g/mol. The van der Waals surface area contributed by atoms with Crippen molar-refractivity contribution in [1.29, 1.82) is 0 Å². The summed E-state index contributed by atoms with van der Waals surface area (Å²) < 4.78 is 7.02. The summed E-state index contributed by atoms with van der Waals surface area (Å²) in [5.41, 5.74) is 3.29. The molecule has 0 aliphatic carbocycles. The Bertz CT molecular complexity index is 699. The highest BCUT2D eigenvalue weighted by Crippen LogP contribution is 2.32. The average Bonchev–Trinajstić information content (AvgIpc) is 2.41. The van der Waals surface area contributed by atoms with Crippen molar-refractivity contribution in [3.8, 4) is 5.75 Å². The molecule has 2 rings (SSSR count). The predicted molar refractivity (Wildman–Crippen MR) is 92.3 cm³/mol. The van der Waals surface area contributed by atoms with Crippen LogP contribution in [-0.2, 0) is 0 Å². The van der Waals surface area contributed by atoms with Crippen molar-refractivity contribution < 1.29 is 9.53 Å². The van der Waals surface area contributed by atoms with Gasteiger partial charge in [0.1, 0.15) is 5.75 Å². The first-order valence-electron chi connectivity index (χ1n) is 6.34. The molecule has 0 bridgehead atoms. The van der Waals surface area contributed by atoms with Gasteiger partial charge in [-0.05, 0) is 65.2 Å². The third kappa shape index (κ3) is 3.66. The average molecular weight is 413 g/mol. The number of hydrogen-bond donors (Lipinski definition) is 1. The van der Waals surface area contributed by atoms with Crippen LogP contribution in [0.25, 0.3) is 0 Å². The number of benzene rings is 2. The highest BCUT2D eigenvalue weighted by Gasteiger charge is 2.15. The Balaban J connectivity index is 2.36. The second-order valence-electron chi connectivity index (χ2n) is 4.74. The molecule has 0 unspecified atom stereocenters. The minimum absolute atomic E-state index is 0.175. The van der Waals surface area contributed by atoms with Crippen molar-refractivity contribution in [3.63, 3.8) is 0 Å². The van der Waals surface area contributed by atoms with E-state index in [4.69, 9.17) is 4.74 Å². The number of amides is 1. The van der Waals surface area contributed by atoms with Crippen molar-refractivity contribution in [2.75, 3.05) is 12.4 Å². The summed E-state index contributed by atoms with van der Waals surface area (Å²) in [6.07, 6.45) is 0. The topological polar surface area (TPSA) is 38.3 Å². The van der Waals surface area contributed by atoms with Gasteiger partial charge < -0.3 is 10.1 Å². The molecule has 21 heavy (non-hydrogen) atoms. The Kier molecular flexibility index (Phi) is 5.06. The summed E-state index contributed by atoms with van der Waals surface area (Å²) >= 11 is 6.85. The molecule has 0 aliphatic rings. The van der Waals surface area contributed by atoms with E-state index in [0.717, 1.165) is 20.1 Å². The lowest BCUT2D eigenvalue weighted by Gasteiger charge is -2.14. The predicted octanol–water partition coefficient (Wildman–Crippen LogP) is 5.09. The molecule has 0 saturated heterocycles. The van der Waals surface area contributed by atoms with E-state index in [1.807, 2.05) is 38.1 Å². The van der Waals surface area contributed by atoms with Gasteiger partial charge in [-0.25, -0.2) is 0 Å². The van der Waals surface area contributed by atoms with Crippen LogP contribution in [0.5, 0.6) is 5.75 Å². The van der Waals surface area contributed by atoms with E-state index in [1.54, 1.807) is 13.2 Å². The number of rotatable bonds is 3. The second kappa shape index (κ2) is 6.62. The van der Waals surface area contributed by atoms with Gasteiger partial charge in [0.25, 0.3) is 5.91 Å². The number of nitrogens with one attached hydrogen (secondary N) is 1. The molecule has 0 saturated carbocycles. The van der Waals surface area contributed by atoms with E-state index >= 15 is 0 Å². The first-order chi connectivity index (χ1) is 9.92. The van der Waals surface area contributed by atoms with Gasteiger partial charge in [0.15, 0.2) is 0 Å². The van der Waals surface area contributed by atoms with Crippen LogP contribution in [-0.4, -0.2) is 13.0 Å². The van der Waals surface area contributed by atoms with Crippen molar-refractivity contribution >= 4 is 43.5 Å².